The Bertz CT molecular complexity index is 712. The van der Waals surface area contributed by atoms with Crippen LogP contribution < -0.4 is 10.0 Å². The van der Waals surface area contributed by atoms with Crippen LogP contribution in [0.25, 0.3) is 0 Å². The predicted molar refractivity (Wildman–Crippen MR) is 79.7 cm³/mol. The number of rotatable bonds is 4. The summed E-state index contributed by atoms with van der Waals surface area (Å²) in [7, 11) is -2.35. The SMILES string of the molecule is COC(=O)Nc1ccc(NS(=O)(=O)c2ccccc2)cc1. The maximum atomic E-state index is 12.1. The standard InChI is InChI=1S/C14H14N2O4S/c1-20-14(17)15-11-7-9-12(10-8-11)16-21(18,19)13-5-3-2-4-6-13/h2-10,16H,1H3,(H,15,17). The van der Waals surface area contributed by atoms with Crippen molar-refractivity contribution >= 4 is 27.5 Å². The second-order valence-corrected chi connectivity index (χ2v) is 5.79. The van der Waals surface area contributed by atoms with Crippen molar-refractivity contribution in [2.75, 3.05) is 17.1 Å². The van der Waals surface area contributed by atoms with E-state index in [-0.39, 0.29) is 4.90 Å². The van der Waals surface area contributed by atoms with Crippen LogP contribution in [0.15, 0.2) is 59.5 Å². The van der Waals surface area contributed by atoms with Gasteiger partial charge in [0.05, 0.1) is 12.0 Å². The fraction of sp³-hybridized carbons (Fsp3) is 0.0714. The Morgan fingerprint density at radius 2 is 1.52 bits per heavy atom. The Hall–Kier alpha value is -2.54. The van der Waals surface area contributed by atoms with Crippen molar-refractivity contribution < 1.29 is 17.9 Å². The fourth-order valence-corrected chi connectivity index (χ4v) is 2.68. The summed E-state index contributed by atoms with van der Waals surface area (Å²) < 4.78 is 31.1. The van der Waals surface area contributed by atoms with Crippen LogP contribution in [-0.4, -0.2) is 21.6 Å². The molecule has 0 radical (unpaired) electrons. The Kier molecular flexibility index (Phi) is 4.44. The molecule has 0 aliphatic heterocycles. The second-order valence-electron chi connectivity index (χ2n) is 4.11. The van der Waals surface area contributed by atoms with Crippen LogP contribution in [0.5, 0.6) is 0 Å². The van der Waals surface area contributed by atoms with Crippen molar-refractivity contribution in [2.45, 2.75) is 4.90 Å². The van der Waals surface area contributed by atoms with E-state index in [0.717, 1.165) is 0 Å². The van der Waals surface area contributed by atoms with Gasteiger partial charge in [-0.05, 0) is 36.4 Å². The third-order valence-electron chi connectivity index (χ3n) is 2.62. The summed E-state index contributed by atoms with van der Waals surface area (Å²) >= 11 is 0. The molecule has 2 aromatic rings. The van der Waals surface area contributed by atoms with E-state index < -0.39 is 16.1 Å². The molecule has 0 aliphatic carbocycles. The highest BCUT2D eigenvalue weighted by Gasteiger charge is 2.13. The van der Waals surface area contributed by atoms with E-state index in [1.807, 2.05) is 0 Å². The van der Waals surface area contributed by atoms with Crippen molar-refractivity contribution in [1.29, 1.82) is 0 Å². The number of ether oxygens (including phenoxy) is 1. The molecule has 0 aliphatic rings. The van der Waals surface area contributed by atoms with Crippen LogP contribution >= 0.6 is 0 Å². The number of carbonyl (C=O) groups excluding carboxylic acids is 1. The van der Waals surface area contributed by atoms with Gasteiger partial charge in [-0.25, -0.2) is 13.2 Å². The fourth-order valence-electron chi connectivity index (χ4n) is 1.60. The van der Waals surface area contributed by atoms with Gasteiger partial charge in [0.2, 0.25) is 0 Å². The first-order valence-corrected chi connectivity index (χ1v) is 7.52. The van der Waals surface area contributed by atoms with Crippen LogP contribution in [0.4, 0.5) is 16.2 Å². The summed E-state index contributed by atoms with van der Waals surface area (Å²) in [5.74, 6) is 0. The average molecular weight is 306 g/mol. The van der Waals surface area contributed by atoms with Crippen molar-refractivity contribution in [2.24, 2.45) is 0 Å². The highest BCUT2D eigenvalue weighted by molar-refractivity contribution is 7.92. The molecule has 0 unspecified atom stereocenters. The molecule has 0 bridgehead atoms. The number of amides is 1. The first kappa shape index (κ1) is 14.9. The highest BCUT2D eigenvalue weighted by Crippen LogP contribution is 2.18. The summed E-state index contributed by atoms with van der Waals surface area (Å²) in [6, 6.07) is 14.3. The van der Waals surface area contributed by atoms with E-state index in [1.165, 1.54) is 19.2 Å². The molecular weight excluding hydrogens is 292 g/mol. The molecule has 6 nitrogen and oxygen atoms in total. The zero-order valence-electron chi connectivity index (χ0n) is 11.2. The van der Waals surface area contributed by atoms with E-state index in [4.69, 9.17) is 0 Å². The third-order valence-corrected chi connectivity index (χ3v) is 4.02. The largest absolute Gasteiger partial charge is 0.453 e. The number of methoxy groups -OCH3 is 1. The molecule has 0 spiro atoms. The maximum absolute atomic E-state index is 12.1. The summed E-state index contributed by atoms with van der Waals surface area (Å²) in [5.41, 5.74) is 0.902. The lowest BCUT2D eigenvalue weighted by atomic mass is 10.3. The molecule has 2 N–H and O–H groups in total. The van der Waals surface area contributed by atoms with E-state index >= 15 is 0 Å². The molecule has 2 aromatic carbocycles. The van der Waals surface area contributed by atoms with Crippen molar-refractivity contribution in [3.05, 3.63) is 54.6 Å². The Morgan fingerprint density at radius 3 is 2.10 bits per heavy atom. The number of benzene rings is 2. The minimum absolute atomic E-state index is 0.182. The van der Waals surface area contributed by atoms with Crippen LogP contribution in [-0.2, 0) is 14.8 Å². The molecule has 0 saturated carbocycles. The van der Waals surface area contributed by atoms with E-state index in [1.54, 1.807) is 42.5 Å². The van der Waals surface area contributed by atoms with Gasteiger partial charge in [-0.2, -0.15) is 0 Å². The van der Waals surface area contributed by atoms with Gasteiger partial charge >= 0.3 is 6.09 Å². The topological polar surface area (TPSA) is 84.5 Å². The van der Waals surface area contributed by atoms with Crippen LogP contribution in [0.3, 0.4) is 0 Å². The Labute approximate surface area is 122 Å². The minimum Gasteiger partial charge on any atom is -0.453 e. The van der Waals surface area contributed by atoms with Crippen LogP contribution in [0.1, 0.15) is 0 Å². The summed E-state index contributed by atoms with van der Waals surface area (Å²) in [5, 5.41) is 2.47. The van der Waals surface area contributed by atoms with Crippen LogP contribution in [0.2, 0.25) is 0 Å². The molecule has 110 valence electrons. The van der Waals surface area contributed by atoms with Crippen molar-refractivity contribution in [1.82, 2.24) is 0 Å². The lowest BCUT2D eigenvalue weighted by Crippen LogP contribution is -2.13. The Balaban J connectivity index is 2.12. The van der Waals surface area contributed by atoms with Crippen LogP contribution in [0, 0.1) is 0 Å². The number of hydrogen-bond acceptors (Lipinski definition) is 4. The van der Waals surface area contributed by atoms with Gasteiger partial charge < -0.3 is 4.74 Å². The van der Waals surface area contributed by atoms with Gasteiger partial charge in [-0.3, -0.25) is 10.0 Å². The van der Waals surface area contributed by atoms with Crippen molar-refractivity contribution in [3.63, 3.8) is 0 Å². The van der Waals surface area contributed by atoms with Crippen molar-refractivity contribution in [3.8, 4) is 0 Å². The van der Waals surface area contributed by atoms with E-state index in [0.29, 0.717) is 11.4 Å². The monoisotopic (exact) mass is 306 g/mol. The number of hydrogen-bond donors (Lipinski definition) is 2. The summed E-state index contributed by atoms with van der Waals surface area (Å²) in [4.78, 5) is 11.2. The number of carbonyl (C=O) groups is 1. The normalized spacial score (nSPS) is 10.7. The predicted octanol–water partition coefficient (Wildman–Crippen LogP) is 2.67. The first-order chi connectivity index (χ1) is 10.0. The molecule has 0 fully saturated rings. The quantitative estimate of drug-likeness (QED) is 0.909. The molecule has 0 atom stereocenters. The molecule has 0 saturated heterocycles. The van der Waals surface area contributed by atoms with Gasteiger partial charge in [0.1, 0.15) is 0 Å². The molecule has 7 heteroatoms. The van der Waals surface area contributed by atoms with E-state index in [9.17, 15) is 13.2 Å². The van der Waals surface area contributed by atoms with Gasteiger partial charge in [0.25, 0.3) is 10.0 Å². The number of nitrogens with one attached hydrogen (secondary N) is 2. The molecule has 0 aromatic heterocycles. The van der Waals surface area contributed by atoms with Gasteiger partial charge in [-0.1, -0.05) is 18.2 Å². The van der Waals surface area contributed by atoms with Gasteiger partial charge in [0.15, 0.2) is 0 Å². The first-order valence-electron chi connectivity index (χ1n) is 6.04. The maximum Gasteiger partial charge on any atom is 0.411 e. The zero-order chi connectivity index (χ0) is 15.3. The highest BCUT2D eigenvalue weighted by atomic mass is 32.2. The third kappa shape index (κ3) is 3.96. The lowest BCUT2D eigenvalue weighted by molar-refractivity contribution is 0.187. The minimum atomic E-state index is -3.62. The number of anilines is 2. The van der Waals surface area contributed by atoms with Gasteiger partial charge in [0, 0.05) is 11.4 Å². The second kappa shape index (κ2) is 6.27. The molecular formula is C14H14N2O4S. The zero-order valence-corrected chi connectivity index (χ0v) is 12.1. The molecule has 0 heterocycles. The lowest BCUT2D eigenvalue weighted by Gasteiger charge is -2.09. The molecule has 21 heavy (non-hydrogen) atoms. The summed E-state index contributed by atoms with van der Waals surface area (Å²) in [6.45, 7) is 0. The average Bonchev–Trinajstić information content (AvgIpc) is 2.50. The summed E-state index contributed by atoms with van der Waals surface area (Å²) in [6.07, 6.45) is -0.590. The smallest absolute Gasteiger partial charge is 0.411 e. The molecule has 2 rings (SSSR count). The van der Waals surface area contributed by atoms with E-state index in [2.05, 4.69) is 14.8 Å². The number of sulfonamides is 1. The molecule has 1 amide bonds. The Morgan fingerprint density at radius 1 is 0.952 bits per heavy atom. The van der Waals surface area contributed by atoms with Gasteiger partial charge in [-0.15, -0.1) is 0 Å².